The summed E-state index contributed by atoms with van der Waals surface area (Å²) in [5, 5.41) is 14.5. The zero-order valence-electron chi connectivity index (χ0n) is 20.6. The van der Waals surface area contributed by atoms with E-state index in [0.29, 0.717) is 17.8 Å². The smallest absolute Gasteiger partial charge is 0.347 e. The second-order valence-corrected chi connectivity index (χ2v) is 9.98. The van der Waals surface area contributed by atoms with Gasteiger partial charge in [-0.1, -0.05) is 13.0 Å². The van der Waals surface area contributed by atoms with E-state index in [1.807, 2.05) is 0 Å². The third-order valence-corrected chi connectivity index (χ3v) is 8.37. The van der Waals surface area contributed by atoms with Crippen molar-refractivity contribution < 1.29 is 28.9 Å². The molecule has 0 aromatic heterocycles. The van der Waals surface area contributed by atoms with E-state index in [1.165, 1.54) is 17.3 Å². The summed E-state index contributed by atoms with van der Waals surface area (Å²) in [5.41, 5.74) is 2.44. The van der Waals surface area contributed by atoms with Gasteiger partial charge < -0.3 is 24.6 Å². The van der Waals surface area contributed by atoms with Gasteiger partial charge in [-0.25, -0.2) is 9.59 Å². The van der Waals surface area contributed by atoms with E-state index in [9.17, 15) is 14.7 Å². The summed E-state index contributed by atoms with van der Waals surface area (Å²) >= 11 is 0. The molecule has 2 N–H and O–H groups in total. The molecule has 0 amide bonds. The summed E-state index contributed by atoms with van der Waals surface area (Å²) in [7, 11) is 1.70. The summed E-state index contributed by atoms with van der Waals surface area (Å²) in [5.74, 6) is 0.816. The molecule has 0 radical (unpaired) electrons. The molecule has 34 heavy (non-hydrogen) atoms. The van der Waals surface area contributed by atoms with E-state index in [0.717, 1.165) is 37.9 Å². The van der Waals surface area contributed by atoms with Gasteiger partial charge in [-0.3, -0.25) is 0 Å². The molecular weight excluding hydrogens is 434 g/mol. The third kappa shape index (κ3) is 4.30. The minimum atomic E-state index is -0.719. The summed E-state index contributed by atoms with van der Waals surface area (Å²) in [6.07, 6.45) is 5.70. The predicted molar refractivity (Wildman–Crippen MR) is 127 cm³/mol. The Morgan fingerprint density at radius 2 is 1.88 bits per heavy atom. The highest BCUT2D eigenvalue weighted by Crippen LogP contribution is 2.61. The Labute approximate surface area is 201 Å². The Morgan fingerprint density at radius 1 is 1.18 bits per heavy atom. The summed E-state index contributed by atoms with van der Waals surface area (Å²) in [6.45, 7) is 5.91. The van der Waals surface area contributed by atoms with Crippen LogP contribution in [-0.2, 0) is 25.5 Å². The molecule has 186 valence electrons. The minimum absolute atomic E-state index is 0.165. The molecule has 7 nitrogen and oxygen atoms in total. The summed E-state index contributed by atoms with van der Waals surface area (Å²) in [4.78, 5) is 24.6. The first-order chi connectivity index (χ1) is 16.3. The van der Waals surface area contributed by atoms with Crippen molar-refractivity contribution in [1.82, 2.24) is 5.32 Å². The number of carbonyl (C=O) groups is 2. The van der Waals surface area contributed by atoms with Gasteiger partial charge in [0.2, 0.25) is 0 Å². The van der Waals surface area contributed by atoms with Crippen LogP contribution in [0.2, 0.25) is 0 Å². The zero-order valence-corrected chi connectivity index (χ0v) is 20.6. The maximum absolute atomic E-state index is 12.3. The molecule has 2 fully saturated rings. The van der Waals surface area contributed by atoms with Crippen molar-refractivity contribution in [2.24, 2.45) is 17.3 Å². The van der Waals surface area contributed by atoms with Gasteiger partial charge in [0.05, 0.1) is 32.5 Å². The van der Waals surface area contributed by atoms with Crippen molar-refractivity contribution in [2.45, 2.75) is 70.9 Å². The molecule has 0 saturated heterocycles. The molecule has 3 aliphatic rings. The number of fused-ring (bicyclic) bond motifs is 5. The lowest BCUT2D eigenvalue weighted by Crippen LogP contribution is -2.46. The lowest BCUT2D eigenvalue weighted by Gasteiger charge is -2.50. The quantitative estimate of drug-likeness (QED) is 0.272. The van der Waals surface area contributed by atoms with Crippen molar-refractivity contribution in [3.8, 4) is 5.75 Å². The first-order valence-electron chi connectivity index (χ1n) is 12.5. The number of aryl methyl sites for hydroxylation is 1. The Bertz CT molecular complexity index is 938. The van der Waals surface area contributed by atoms with Crippen LogP contribution in [-0.4, -0.2) is 49.5 Å². The first kappa shape index (κ1) is 24.6. The Hall–Kier alpha value is -2.54. The van der Waals surface area contributed by atoms with E-state index in [1.54, 1.807) is 21.0 Å². The molecule has 2 saturated carbocycles. The fourth-order valence-electron chi connectivity index (χ4n) is 6.68. The highest BCUT2D eigenvalue weighted by atomic mass is 16.6. The number of ether oxygens (including phenoxy) is 3. The molecule has 0 bridgehead atoms. The number of benzene rings is 1. The van der Waals surface area contributed by atoms with Crippen LogP contribution in [0.4, 0.5) is 0 Å². The lowest BCUT2D eigenvalue weighted by atomic mass is 9.55. The Balaban J connectivity index is 1.54. The average Bonchev–Trinajstić information content (AvgIpc) is 3.09. The van der Waals surface area contributed by atoms with Crippen molar-refractivity contribution in [2.75, 3.05) is 20.3 Å². The van der Waals surface area contributed by atoms with E-state index in [4.69, 9.17) is 14.2 Å². The van der Waals surface area contributed by atoms with Gasteiger partial charge in [0, 0.05) is 6.20 Å². The van der Waals surface area contributed by atoms with Crippen LogP contribution in [0.5, 0.6) is 5.75 Å². The second kappa shape index (κ2) is 9.98. The molecule has 0 unspecified atom stereocenters. The van der Waals surface area contributed by atoms with Crippen molar-refractivity contribution in [3.63, 3.8) is 0 Å². The van der Waals surface area contributed by atoms with Crippen LogP contribution < -0.4 is 10.1 Å². The van der Waals surface area contributed by atoms with Crippen LogP contribution in [0.1, 0.15) is 63.5 Å². The molecule has 7 heteroatoms. The van der Waals surface area contributed by atoms with Gasteiger partial charge in [-0.05, 0) is 92.4 Å². The van der Waals surface area contributed by atoms with Crippen LogP contribution in [0.25, 0.3) is 0 Å². The molecule has 1 aromatic rings. The number of nitrogens with one attached hydrogen (secondary N) is 1. The van der Waals surface area contributed by atoms with Crippen molar-refractivity contribution in [3.05, 3.63) is 41.1 Å². The normalized spacial score (nSPS) is 31.4. The molecule has 6 atom stereocenters. The average molecular weight is 472 g/mol. The Morgan fingerprint density at radius 3 is 2.53 bits per heavy atom. The fourth-order valence-corrected chi connectivity index (χ4v) is 6.68. The second-order valence-electron chi connectivity index (χ2n) is 9.98. The number of esters is 2. The third-order valence-electron chi connectivity index (χ3n) is 8.37. The number of hydrogen-bond donors (Lipinski definition) is 2. The van der Waals surface area contributed by atoms with Crippen LogP contribution >= 0.6 is 0 Å². The number of carbonyl (C=O) groups excluding carboxylic acids is 2. The predicted octanol–water partition coefficient (Wildman–Crippen LogP) is 3.49. The highest BCUT2D eigenvalue weighted by Gasteiger charge is 2.57. The van der Waals surface area contributed by atoms with E-state index < -0.39 is 18.0 Å². The summed E-state index contributed by atoms with van der Waals surface area (Å²) in [6, 6.07) is 6.21. The van der Waals surface area contributed by atoms with E-state index >= 15 is 0 Å². The van der Waals surface area contributed by atoms with Gasteiger partial charge in [0.25, 0.3) is 0 Å². The maximum atomic E-state index is 12.3. The maximum Gasteiger partial charge on any atom is 0.347 e. The molecule has 0 heterocycles. The number of aliphatic hydroxyl groups excluding tert-OH is 1. The topological polar surface area (TPSA) is 94.1 Å². The van der Waals surface area contributed by atoms with Gasteiger partial charge in [-0.2, -0.15) is 0 Å². The lowest BCUT2D eigenvalue weighted by molar-refractivity contribution is -0.146. The van der Waals surface area contributed by atoms with Gasteiger partial charge in [-0.15, -0.1) is 0 Å². The molecule has 0 aliphatic heterocycles. The molecule has 1 aromatic carbocycles. The van der Waals surface area contributed by atoms with Crippen molar-refractivity contribution in [1.29, 1.82) is 0 Å². The largest absolute Gasteiger partial charge is 0.497 e. The van der Waals surface area contributed by atoms with Gasteiger partial charge >= 0.3 is 11.9 Å². The van der Waals surface area contributed by atoms with Crippen LogP contribution in [0.15, 0.2) is 30.0 Å². The van der Waals surface area contributed by atoms with Crippen LogP contribution in [0, 0.1) is 17.3 Å². The fraction of sp³-hybridized carbons (Fsp3) is 0.630. The standard InChI is InChI=1S/C27H37NO6/c1-5-33-25(30)21(26(31)34-6-2)15-28-23-14-22-20-9-7-16-13-17(32-4)8-10-18(16)19(20)11-12-27(22,3)24(23)29/h8,10,13,15,19-20,22-24,28-29H,5-7,9,11-12,14H2,1-4H3/t19-,20-,22+,23+,24-,27+/m1/s1. The molecular formula is C27H37NO6. The van der Waals surface area contributed by atoms with Crippen molar-refractivity contribution >= 4 is 11.9 Å². The number of rotatable bonds is 7. The SMILES string of the molecule is CCOC(=O)C(=CN[C@H]1C[C@H]2[C@@H]3CCc4cc(OC)ccc4[C@H]3CC[C@]2(C)[C@@H]1O)C(=O)OCC. The molecule has 0 spiro atoms. The van der Waals surface area contributed by atoms with Gasteiger partial charge in [0.15, 0.2) is 5.57 Å². The molecule has 3 aliphatic carbocycles. The molecule has 4 rings (SSSR count). The van der Waals surface area contributed by atoms with Gasteiger partial charge in [0.1, 0.15) is 5.75 Å². The highest BCUT2D eigenvalue weighted by molar-refractivity contribution is 6.13. The van der Waals surface area contributed by atoms with E-state index in [-0.39, 0.29) is 30.2 Å². The Kier molecular flexibility index (Phi) is 7.22. The van der Waals surface area contributed by atoms with Crippen LogP contribution in [0.3, 0.4) is 0 Å². The number of hydrogen-bond acceptors (Lipinski definition) is 7. The monoisotopic (exact) mass is 471 g/mol. The van der Waals surface area contributed by atoms with E-state index in [2.05, 4.69) is 30.4 Å². The number of aliphatic hydroxyl groups is 1. The number of methoxy groups -OCH3 is 1. The zero-order chi connectivity index (χ0) is 24.5. The summed E-state index contributed by atoms with van der Waals surface area (Å²) < 4.78 is 15.5. The first-order valence-corrected chi connectivity index (χ1v) is 12.5. The minimum Gasteiger partial charge on any atom is -0.497 e.